The van der Waals surface area contributed by atoms with Gasteiger partial charge in [0.2, 0.25) is 0 Å². The molecule has 1 heterocycles. The molecule has 0 spiro atoms. The van der Waals surface area contributed by atoms with Gasteiger partial charge in [-0.25, -0.2) is 0 Å². The van der Waals surface area contributed by atoms with Crippen LogP contribution >= 0.6 is 0 Å². The molecule has 2 heteroatoms. The molecule has 1 aromatic carbocycles. The molecule has 19 heavy (non-hydrogen) atoms. The minimum atomic E-state index is 0.924. The highest BCUT2D eigenvalue weighted by atomic mass is 15.0. The summed E-state index contributed by atoms with van der Waals surface area (Å²) in [5.41, 5.74) is 3.94. The summed E-state index contributed by atoms with van der Waals surface area (Å²) in [6.45, 7) is 11.4. The SMILES string of the molecule is C=C(CC)Cn1c(CNCCC)cc2ccccc21. The second-order valence-corrected chi connectivity index (χ2v) is 5.06. The van der Waals surface area contributed by atoms with Gasteiger partial charge in [-0.15, -0.1) is 0 Å². The van der Waals surface area contributed by atoms with E-state index in [1.54, 1.807) is 0 Å². The zero-order valence-electron chi connectivity index (χ0n) is 12.1. The van der Waals surface area contributed by atoms with Crippen LogP contribution in [0.1, 0.15) is 32.4 Å². The van der Waals surface area contributed by atoms with Crippen molar-refractivity contribution in [3.63, 3.8) is 0 Å². The lowest BCUT2D eigenvalue weighted by Gasteiger charge is -2.12. The molecule has 0 atom stereocenters. The molecule has 2 rings (SSSR count). The number of allylic oxidation sites excluding steroid dienone is 1. The van der Waals surface area contributed by atoms with Crippen LogP contribution in [0.15, 0.2) is 42.5 Å². The Morgan fingerprint density at radius 3 is 2.79 bits per heavy atom. The van der Waals surface area contributed by atoms with E-state index in [2.05, 4.69) is 60.6 Å². The van der Waals surface area contributed by atoms with E-state index in [9.17, 15) is 0 Å². The minimum Gasteiger partial charge on any atom is -0.339 e. The van der Waals surface area contributed by atoms with Crippen molar-refractivity contribution < 1.29 is 0 Å². The average Bonchev–Trinajstić information content (AvgIpc) is 2.77. The van der Waals surface area contributed by atoms with E-state index in [4.69, 9.17) is 0 Å². The monoisotopic (exact) mass is 256 g/mol. The number of nitrogens with zero attached hydrogens (tertiary/aromatic N) is 1. The molecule has 2 aromatic rings. The van der Waals surface area contributed by atoms with Gasteiger partial charge in [0, 0.05) is 24.3 Å². The van der Waals surface area contributed by atoms with Gasteiger partial charge in [-0.3, -0.25) is 0 Å². The predicted octanol–water partition coefficient (Wildman–Crippen LogP) is 4.11. The van der Waals surface area contributed by atoms with E-state index in [-0.39, 0.29) is 0 Å². The number of hydrogen-bond acceptors (Lipinski definition) is 1. The lowest BCUT2D eigenvalue weighted by atomic mass is 10.2. The van der Waals surface area contributed by atoms with E-state index >= 15 is 0 Å². The van der Waals surface area contributed by atoms with Gasteiger partial charge in [0.1, 0.15) is 0 Å². The second kappa shape index (κ2) is 6.58. The van der Waals surface area contributed by atoms with Crippen LogP contribution in [0.3, 0.4) is 0 Å². The summed E-state index contributed by atoms with van der Waals surface area (Å²) >= 11 is 0. The Bertz CT molecular complexity index is 551. The third kappa shape index (κ3) is 3.27. The zero-order valence-corrected chi connectivity index (χ0v) is 12.1. The van der Waals surface area contributed by atoms with Crippen molar-refractivity contribution in [1.82, 2.24) is 9.88 Å². The van der Waals surface area contributed by atoms with Gasteiger partial charge in [0.05, 0.1) is 0 Å². The number of nitrogens with one attached hydrogen (secondary N) is 1. The van der Waals surface area contributed by atoms with Gasteiger partial charge in [-0.1, -0.05) is 44.2 Å². The molecule has 0 saturated heterocycles. The predicted molar refractivity (Wildman–Crippen MR) is 83.4 cm³/mol. The normalized spacial score (nSPS) is 11.1. The summed E-state index contributed by atoms with van der Waals surface area (Å²) in [6, 6.07) is 10.9. The smallest absolute Gasteiger partial charge is 0.0485 e. The molecular formula is C17H24N2. The lowest BCUT2D eigenvalue weighted by molar-refractivity contribution is 0.631. The standard InChI is InChI=1S/C17H24N2/c1-4-10-18-12-16-11-15-8-6-7-9-17(15)19(16)13-14(3)5-2/h6-9,11,18H,3-5,10,12-13H2,1-2H3. The van der Waals surface area contributed by atoms with Crippen LogP contribution in [0.4, 0.5) is 0 Å². The maximum absolute atomic E-state index is 4.15. The van der Waals surface area contributed by atoms with Gasteiger partial charge in [-0.05, 0) is 36.9 Å². The van der Waals surface area contributed by atoms with Gasteiger partial charge in [0.25, 0.3) is 0 Å². The van der Waals surface area contributed by atoms with Gasteiger partial charge < -0.3 is 9.88 Å². The number of aromatic nitrogens is 1. The highest BCUT2D eigenvalue weighted by molar-refractivity contribution is 5.81. The van der Waals surface area contributed by atoms with Crippen molar-refractivity contribution in [3.05, 3.63) is 48.2 Å². The van der Waals surface area contributed by atoms with E-state index in [0.717, 1.165) is 26.1 Å². The molecule has 0 fully saturated rings. The number of fused-ring (bicyclic) bond motifs is 1. The molecule has 0 radical (unpaired) electrons. The number of hydrogen-bond donors (Lipinski definition) is 1. The topological polar surface area (TPSA) is 17.0 Å². The van der Waals surface area contributed by atoms with Crippen LogP contribution in [-0.4, -0.2) is 11.1 Å². The molecule has 102 valence electrons. The Morgan fingerprint density at radius 2 is 2.05 bits per heavy atom. The fourth-order valence-corrected chi connectivity index (χ4v) is 2.33. The van der Waals surface area contributed by atoms with Gasteiger partial charge in [0.15, 0.2) is 0 Å². The van der Waals surface area contributed by atoms with E-state index in [1.165, 1.54) is 28.6 Å². The zero-order chi connectivity index (χ0) is 13.7. The first-order valence-corrected chi connectivity index (χ1v) is 7.20. The third-order valence-corrected chi connectivity index (χ3v) is 3.51. The molecule has 1 N–H and O–H groups in total. The Kier molecular flexibility index (Phi) is 4.80. The number of para-hydroxylation sites is 1. The Hall–Kier alpha value is -1.54. The summed E-state index contributed by atoms with van der Waals surface area (Å²) in [5, 5.41) is 4.81. The minimum absolute atomic E-state index is 0.924. The Balaban J connectivity index is 2.31. The lowest BCUT2D eigenvalue weighted by Crippen LogP contribution is -2.17. The van der Waals surface area contributed by atoms with Crippen molar-refractivity contribution >= 4 is 10.9 Å². The summed E-state index contributed by atoms with van der Waals surface area (Å²) in [4.78, 5) is 0. The molecule has 2 nitrogen and oxygen atoms in total. The van der Waals surface area contributed by atoms with E-state index in [0.29, 0.717) is 0 Å². The summed E-state index contributed by atoms with van der Waals surface area (Å²) in [5.74, 6) is 0. The van der Waals surface area contributed by atoms with Crippen molar-refractivity contribution in [2.45, 2.75) is 39.8 Å². The maximum Gasteiger partial charge on any atom is 0.0485 e. The molecule has 0 unspecified atom stereocenters. The second-order valence-electron chi connectivity index (χ2n) is 5.06. The quantitative estimate of drug-likeness (QED) is 0.583. The molecule has 0 aliphatic carbocycles. The molecule has 0 aliphatic rings. The Labute approximate surface area is 116 Å². The molecule has 0 amide bonds. The molecule has 0 saturated carbocycles. The van der Waals surface area contributed by atoms with Crippen LogP contribution in [0.25, 0.3) is 10.9 Å². The summed E-state index contributed by atoms with van der Waals surface area (Å²) in [7, 11) is 0. The van der Waals surface area contributed by atoms with Crippen molar-refractivity contribution in [3.8, 4) is 0 Å². The molecule has 1 aromatic heterocycles. The highest BCUT2D eigenvalue weighted by Crippen LogP contribution is 2.21. The van der Waals surface area contributed by atoms with Crippen LogP contribution in [0.5, 0.6) is 0 Å². The van der Waals surface area contributed by atoms with E-state index < -0.39 is 0 Å². The summed E-state index contributed by atoms with van der Waals surface area (Å²) in [6.07, 6.45) is 2.20. The highest BCUT2D eigenvalue weighted by Gasteiger charge is 2.08. The fraction of sp³-hybridized carbons (Fsp3) is 0.412. The Morgan fingerprint density at radius 1 is 1.26 bits per heavy atom. The fourth-order valence-electron chi connectivity index (χ4n) is 2.33. The third-order valence-electron chi connectivity index (χ3n) is 3.51. The molecule has 0 bridgehead atoms. The average molecular weight is 256 g/mol. The van der Waals surface area contributed by atoms with Gasteiger partial charge >= 0.3 is 0 Å². The van der Waals surface area contributed by atoms with Gasteiger partial charge in [-0.2, -0.15) is 0 Å². The summed E-state index contributed by atoms with van der Waals surface area (Å²) < 4.78 is 2.39. The van der Waals surface area contributed by atoms with E-state index in [1.807, 2.05) is 0 Å². The van der Waals surface area contributed by atoms with Crippen molar-refractivity contribution in [1.29, 1.82) is 0 Å². The van der Waals surface area contributed by atoms with Crippen LogP contribution < -0.4 is 5.32 Å². The molecular weight excluding hydrogens is 232 g/mol. The molecule has 0 aliphatic heterocycles. The van der Waals surface area contributed by atoms with Crippen molar-refractivity contribution in [2.75, 3.05) is 6.54 Å². The van der Waals surface area contributed by atoms with Crippen LogP contribution in [0.2, 0.25) is 0 Å². The van der Waals surface area contributed by atoms with Crippen LogP contribution in [-0.2, 0) is 13.1 Å². The first-order chi connectivity index (χ1) is 9.26. The van der Waals surface area contributed by atoms with Crippen molar-refractivity contribution in [2.24, 2.45) is 0 Å². The first kappa shape index (κ1) is 13.9. The number of benzene rings is 1. The largest absolute Gasteiger partial charge is 0.339 e. The first-order valence-electron chi connectivity index (χ1n) is 7.20. The number of rotatable bonds is 7. The maximum atomic E-state index is 4.15. The van der Waals surface area contributed by atoms with Crippen LogP contribution in [0, 0.1) is 0 Å².